The molecule has 0 spiro atoms. The molecule has 1 amide bonds. The van der Waals surface area contributed by atoms with Crippen LogP contribution < -0.4 is 5.32 Å². The van der Waals surface area contributed by atoms with Crippen molar-refractivity contribution in [2.24, 2.45) is 0 Å². The first-order chi connectivity index (χ1) is 6.66. The Bertz CT molecular complexity index is 203. The molecular weight excluding hydrogens is 265 g/mol. The van der Waals surface area contributed by atoms with E-state index in [2.05, 4.69) is 19.2 Å². The van der Waals surface area contributed by atoms with Crippen LogP contribution in [0.1, 0.15) is 33.1 Å². The van der Waals surface area contributed by atoms with Gasteiger partial charge in [-0.25, -0.2) is 0 Å². The molecule has 1 atom stereocenters. The van der Waals surface area contributed by atoms with Gasteiger partial charge < -0.3 is 9.80 Å². The second-order valence-electron chi connectivity index (χ2n) is 4.33. The average molecular weight is 288 g/mol. The van der Waals surface area contributed by atoms with E-state index < -0.39 is 0 Å². The molecule has 3 nitrogen and oxygen atoms in total. The fourth-order valence-electron chi connectivity index (χ4n) is 2.58. The summed E-state index contributed by atoms with van der Waals surface area (Å²) >= 11 is 0. The molecule has 1 heterocycles. The average Bonchev–Trinajstić information content (AvgIpc) is 2.28. The van der Waals surface area contributed by atoms with Gasteiger partial charge in [0.15, 0.2) is 6.04 Å². The Morgan fingerprint density at radius 2 is 1.87 bits per heavy atom. The molecule has 1 unspecified atom stereocenters. The van der Waals surface area contributed by atoms with Crippen LogP contribution in [0.25, 0.3) is 0 Å². The van der Waals surface area contributed by atoms with Crippen LogP contribution in [0.4, 0.5) is 0 Å². The number of hydrogen-bond donors (Lipinski definition) is 1. The van der Waals surface area contributed by atoms with Gasteiger partial charge in [-0.1, -0.05) is 0 Å². The van der Waals surface area contributed by atoms with Crippen molar-refractivity contribution in [1.82, 2.24) is 5.32 Å². The molecule has 1 radical (unpaired) electrons. The Morgan fingerprint density at radius 3 is 2.27 bits per heavy atom. The minimum Gasteiger partial charge on any atom is -0.354 e. The normalized spacial score (nSPS) is 21.3. The van der Waals surface area contributed by atoms with Crippen molar-refractivity contribution in [3.63, 3.8) is 0 Å². The standard InChI is InChI=1S/C11H22N2O.Y/c1-4-13(8-6-5-7-9-13)10(2)11(14)12-3;/h10H,4-9H2,1-3H3;/p+1. The molecule has 0 aromatic heterocycles. The fraction of sp³-hybridized carbons (Fsp3) is 0.909. The van der Waals surface area contributed by atoms with Gasteiger partial charge in [-0.05, 0) is 33.1 Å². The van der Waals surface area contributed by atoms with Crippen molar-refractivity contribution in [3.8, 4) is 0 Å². The van der Waals surface area contributed by atoms with Crippen LogP contribution in [-0.2, 0) is 37.5 Å². The molecule has 0 aromatic carbocycles. The van der Waals surface area contributed by atoms with Gasteiger partial charge in [-0.3, -0.25) is 4.79 Å². The summed E-state index contributed by atoms with van der Waals surface area (Å²) in [5, 5.41) is 2.77. The molecule has 4 heteroatoms. The molecule has 0 bridgehead atoms. The number of quaternary nitrogens is 1. The van der Waals surface area contributed by atoms with Crippen molar-refractivity contribution in [2.45, 2.75) is 39.2 Å². The number of rotatable bonds is 3. The predicted molar refractivity (Wildman–Crippen MR) is 57.9 cm³/mol. The largest absolute Gasteiger partial charge is 0.354 e. The van der Waals surface area contributed by atoms with E-state index in [1.165, 1.54) is 32.4 Å². The maximum atomic E-state index is 11.6. The van der Waals surface area contributed by atoms with Gasteiger partial charge in [0.25, 0.3) is 5.91 Å². The smallest absolute Gasteiger partial charge is 0.277 e. The second kappa shape index (κ2) is 6.98. The molecule has 1 saturated heterocycles. The molecule has 0 saturated carbocycles. The topological polar surface area (TPSA) is 29.1 Å². The summed E-state index contributed by atoms with van der Waals surface area (Å²) in [5.41, 5.74) is 0. The third-order valence-electron chi connectivity index (χ3n) is 3.78. The molecule has 0 aliphatic carbocycles. The molecule has 15 heavy (non-hydrogen) atoms. The Labute approximate surface area is 118 Å². The Kier molecular flexibility index (Phi) is 7.23. The van der Waals surface area contributed by atoms with E-state index in [0.29, 0.717) is 0 Å². The third kappa shape index (κ3) is 3.50. The molecule has 0 aromatic rings. The van der Waals surface area contributed by atoms with Crippen LogP contribution in [0.15, 0.2) is 0 Å². The van der Waals surface area contributed by atoms with Crippen molar-refractivity contribution < 1.29 is 42.0 Å². The summed E-state index contributed by atoms with van der Waals surface area (Å²) < 4.78 is 0.986. The number of nitrogens with one attached hydrogen (secondary N) is 1. The summed E-state index contributed by atoms with van der Waals surface area (Å²) in [7, 11) is 1.73. The van der Waals surface area contributed by atoms with Crippen LogP contribution >= 0.6 is 0 Å². The van der Waals surface area contributed by atoms with Crippen LogP contribution in [0.5, 0.6) is 0 Å². The SMILES string of the molecule is CC[N+]1(C(C)C(=O)NC)CCCCC1.[Y]. The summed E-state index contributed by atoms with van der Waals surface area (Å²) in [6, 6.07) is 0.116. The van der Waals surface area contributed by atoms with E-state index in [0.717, 1.165) is 11.0 Å². The molecule has 1 aliphatic rings. The van der Waals surface area contributed by atoms with Gasteiger partial charge in [-0.2, -0.15) is 0 Å². The Hall–Kier alpha value is 0.534. The summed E-state index contributed by atoms with van der Waals surface area (Å²) in [6.07, 6.45) is 3.88. The summed E-state index contributed by atoms with van der Waals surface area (Å²) in [6.45, 7) is 7.68. The summed E-state index contributed by atoms with van der Waals surface area (Å²) in [5.74, 6) is 0.189. The van der Waals surface area contributed by atoms with E-state index in [1.54, 1.807) is 7.05 Å². The first-order valence-corrected chi connectivity index (χ1v) is 5.73. The van der Waals surface area contributed by atoms with Crippen LogP contribution in [0.3, 0.4) is 0 Å². The van der Waals surface area contributed by atoms with Crippen molar-refractivity contribution in [1.29, 1.82) is 0 Å². The predicted octanol–water partition coefficient (Wildman–Crippen LogP) is 1.14. The van der Waals surface area contributed by atoms with Gasteiger partial charge in [0.1, 0.15) is 0 Å². The number of likely N-dealkylation sites (N-methyl/N-ethyl adjacent to an activating group) is 2. The summed E-state index contributed by atoms with van der Waals surface area (Å²) in [4.78, 5) is 11.6. The van der Waals surface area contributed by atoms with Gasteiger partial charge in [0, 0.05) is 39.8 Å². The zero-order chi connectivity index (χ0) is 10.6. The van der Waals surface area contributed by atoms with E-state index in [4.69, 9.17) is 0 Å². The number of amides is 1. The van der Waals surface area contributed by atoms with Gasteiger partial charge >= 0.3 is 0 Å². The maximum absolute atomic E-state index is 11.6. The Morgan fingerprint density at radius 1 is 1.33 bits per heavy atom. The molecule has 1 rings (SSSR count). The van der Waals surface area contributed by atoms with E-state index in [1.807, 2.05) is 0 Å². The van der Waals surface area contributed by atoms with Gasteiger partial charge in [0.2, 0.25) is 0 Å². The minimum atomic E-state index is 0. The zero-order valence-electron chi connectivity index (χ0n) is 10.3. The number of nitrogens with zero attached hydrogens (tertiary/aromatic N) is 1. The number of hydrogen-bond acceptors (Lipinski definition) is 1. The van der Waals surface area contributed by atoms with E-state index in [9.17, 15) is 4.79 Å². The van der Waals surface area contributed by atoms with Gasteiger partial charge in [0.05, 0.1) is 19.6 Å². The van der Waals surface area contributed by atoms with Gasteiger partial charge in [-0.15, -0.1) is 0 Å². The zero-order valence-corrected chi connectivity index (χ0v) is 13.1. The first-order valence-electron chi connectivity index (χ1n) is 5.73. The second-order valence-corrected chi connectivity index (χ2v) is 4.33. The van der Waals surface area contributed by atoms with E-state index in [-0.39, 0.29) is 44.7 Å². The van der Waals surface area contributed by atoms with Crippen LogP contribution in [-0.4, -0.2) is 43.1 Å². The first kappa shape index (κ1) is 15.5. The maximum Gasteiger partial charge on any atom is 0.277 e. The minimum absolute atomic E-state index is 0. The van der Waals surface area contributed by atoms with Crippen molar-refractivity contribution in [3.05, 3.63) is 0 Å². The Balaban J connectivity index is 0.00000196. The van der Waals surface area contributed by atoms with Crippen molar-refractivity contribution >= 4 is 5.91 Å². The van der Waals surface area contributed by atoms with Crippen LogP contribution in [0.2, 0.25) is 0 Å². The molecule has 1 fully saturated rings. The van der Waals surface area contributed by atoms with E-state index >= 15 is 0 Å². The number of piperidine rings is 1. The molecular formula is C11H23N2OY+. The monoisotopic (exact) mass is 288 g/mol. The van der Waals surface area contributed by atoms with Crippen molar-refractivity contribution in [2.75, 3.05) is 26.7 Å². The third-order valence-corrected chi connectivity index (χ3v) is 3.78. The number of likely N-dealkylation sites (tertiary alicyclic amines) is 1. The molecule has 85 valence electrons. The number of carbonyl (C=O) groups is 1. The number of carbonyl (C=O) groups excluding carboxylic acids is 1. The fourth-order valence-corrected chi connectivity index (χ4v) is 2.58. The molecule has 1 aliphatic heterocycles. The molecule has 1 N–H and O–H groups in total. The quantitative estimate of drug-likeness (QED) is 0.775. The van der Waals surface area contributed by atoms with Crippen LogP contribution in [0, 0.1) is 0 Å².